The second-order valence-corrected chi connectivity index (χ2v) is 18.1. The van der Waals surface area contributed by atoms with Gasteiger partial charge in [0.25, 0.3) is 0 Å². The summed E-state index contributed by atoms with van der Waals surface area (Å²) in [6.45, 7) is 10.4. The van der Waals surface area contributed by atoms with Gasteiger partial charge in [0, 0.05) is 26.0 Å². The molecule has 54 heavy (non-hydrogen) atoms. The van der Waals surface area contributed by atoms with Crippen LogP contribution >= 0.6 is 15.8 Å². The summed E-state index contributed by atoms with van der Waals surface area (Å²) < 4.78 is 0. The summed E-state index contributed by atoms with van der Waals surface area (Å²) in [5.41, 5.74) is 3.46. The Labute approximate surface area is 340 Å². The van der Waals surface area contributed by atoms with Gasteiger partial charge in [0.1, 0.15) is 5.76 Å². The van der Waals surface area contributed by atoms with E-state index in [0.29, 0.717) is 5.76 Å². The smallest absolute Gasteiger partial charge is 0.121 e. The molecule has 0 fully saturated rings. The summed E-state index contributed by atoms with van der Waals surface area (Å²) in [4.78, 5) is 0. The maximum absolute atomic E-state index is 9.48. The molecule has 0 aromatic heterocycles. The van der Waals surface area contributed by atoms with E-state index >= 15 is 0 Å². The second-order valence-electron chi connectivity index (χ2n) is 13.8. The first-order valence-electron chi connectivity index (χ1n) is 18.0. The molecule has 0 aliphatic carbocycles. The van der Waals surface area contributed by atoms with Crippen molar-refractivity contribution < 1.29 is 25.5 Å². The van der Waals surface area contributed by atoms with Crippen molar-refractivity contribution >= 4 is 53.4 Å². The number of aliphatic hydroxyl groups is 1. The van der Waals surface area contributed by atoms with Crippen LogP contribution in [0.2, 0.25) is 0 Å². The van der Waals surface area contributed by atoms with Crippen molar-refractivity contribution in [1.82, 2.24) is 0 Å². The summed E-state index contributed by atoms with van der Waals surface area (Å²) in [7, 11) is -1.33. The van der Waals surface area contributed by atoms with Crippen molar-refractivity contribution in [2.75, 3.05) is 0 Å². The fourth-order valence-corrected chi connectivity index (χ4v) is 11.0. The normalized spacial score (nSPS) is 10.6. The zero-order chi connectivity index (χ0) is 37.5. The molecule has 4 heteroatoms. The maximum Gasteiger partial charge on any atom is 0.121 e. The molecule has 7 aromatic rings. The first-order chi connectivity index (χ1) is 25.7. The van der Waals surface area contributed by atoms with Crippen LogP contribution < -0.4 is 31.8 Å². The van der Waals surface area contributed by atoms with Crippen molar-refractivity contribution in [1.29, 1.82) is 0 Å². The minimum absolute atomic E-state index is 0. The molecule has 7 aromatic carbocycles. The molecule has 0 amide bonds. The Morgan fingerprint density at radius 1 is 0.444 bits per heavy atom. The van der Waals surface area contributed by atoms with Gasteiger partial charge in [-0.25, -0.2) is 0 Å². The summed E-state index contributed by atoms with van der Waals surface area (Å²) in [6.07, 6.45) is 0. The predicted molar refractivity (Wildman–Crippen MR) is 235 cm³/mol. The first-order valence-corrected chi connectivity index (χ1v) is 20.7. The zero-order valence-electron chi connectivity index (χ0n) is 31.7. The number of hydrogen-bond donors (Lipinski definition) is 1. The predicted octanol–water partition coefficient (Wildman–Crippen LogP) is 11.0. The number of allylic oxidation sites excluding steroid dienone is 1. The molecule has 7 rings (SSSR count). The number of benzene rings is 7. The third-order valence-electron chi connectivity index (χ3n) is 8.53. The van der Waals surface area contributed by atoms with E-state index in [2.05, 4.69) is 185 Å². The van der Waals surface area contributed by atoms with Crippen molar-refractivity contribution in [3.8, 4) is 0 Å². The number of hydrogen-bond acceptors (Lipinski definition) is 1. The minimum Gasteiger partial charge on any atom is -0.507 e. The zero-order valence-corrected chi connectivity index (χ0v) is 35.1. The average molecular weight is 834 g/mol. The summed E-state index contributed by atoms with van der Waals surface area (Å²) >= 11 is 0. The van der Waals surface area contributed by atoms with Gasteiger partial charge in [0.05, 0.1) is 0 Å². The van der Waals surface area contributed by atoms with Crippen molar-refractivity contribution in [2.24, 2.45) is 0 Å². The van der Waals surface area contributed by atoms with Crippen molar-refractivity contribution in [2.45, 2.75) is 40.0 Å². The molecule has 0 aliphatic heterocycles. The van der Waals surface area contributed by atoms with Gasteiger partial charge in [-0.1, -0.05) is 197 Å². The molecule has 0 saturated carbocycles. The average Bonchev–Trinajstić information content (AvgIpc) is 3.21. The Balaban J connectivity index is 0.000000242. The quantitative estimate of drug-likeness (QED) is 0.0734. The fraction of sp³-hybridized carbons (Fsp3) is 0.120. The van der Waals surface area contributed by atoms with E-state index < -0.39 is 15.8 Å². The van der Waals surface area contributed by atoms with Crippen LogP contribution in [0, 0.1) is 6.07 Å². The van der Waals surface area contributed by atoms with Crippen LogP contribution in [0.15, 0.2) is 206 Å². The minimum atomic E-state index is -0.664. The van der Waals surface area contributed by atoms with Gasteiger partial charge in [-0.15, -0.1) is 0 Å². The van der Waals surface area contributed by atoms with E-state index in [1.54, 1.807) is 0 Å². The molecule has 0 radical (unpaired) electrons. The third kappa shape index (κ3) is 12.1. The largest absolute Gasteiger partial charge is 0.507 e. The fourth-order valence-electron chi connectivity index (χ4n) is 5.78. The Morgan fingerprint density at radius 2 is 0.741 bits per heavy atom. The van der Waals surface area contributed by atoms with Gasteiger partial charge < -0.3 is 5.11 Å². The molecule has 1 N–H and O–H groups in total. The molecule has 276 valence electrons. The van der Waals surface area contributed by atoms with Gasteiger partial charge in [-0.2, -0.15) is 35.9 Å². The summed E-state index contributed by atoms with van der Waals surface area (Å²) in [6, 6.07) is 73.7. The van der Waals surface area contributed by atoms with Crippen LogP contribution in [0.1, 0.15) is 45.7 Å². The second kappa shape index (κ2) is 21.5. The van der Waals surface area contributed by atoms with Crippen molar-refractivity contribution in [3.63, 3.8) is 0 Å². The van der Waals surface area contributed by atoms with Crippen molar-refractivity contribution in [3.05, 3.63) is 223 Å². The monoisotopic (exact) mass is 833 g/mol. The van der Waals surface area contributed by atoms with Crippen LogP contribution in [-0.4, -0.2) is 5.11 Å². The van der Waals surface area contributed by atoms with Crippen LogP contribution in [0.4, 0.5) is 0 Å². The third-order valence-corrected chi connectivity index (χ3v) is 13.7. The van der Waals surface area contributed by atoms with E-state index in [-0.39, 0.29) is 25.8 Å². The van der Waals surface area contributed by atoms with E-state index in [1.165, 1.54) is 37.4 Å². The molecule has 0 unspecified atom stereocenters. The SMILES string of the molecule is CC(C)(C)c1cc[c-]cc1.CC(C)=C(O)c1ccccc1.[Pd].c1ccc(P(c2ccccc2)c2ccccc2P(c2ccccc2)c2ccccc2)cc1. The van der Waals surface area contributed by atoms with Gasteiger partial charge in [-0.05, 0) is 72.5 Å². The molecular weight excluding hydrogens is 785 g/mol. The van der Waals surface area contributed by atoms with E-state index in [9.17, 15) is 5.11 Å². The van der Waals surface area contributed by atoms with Gasteiger partial charge in [0.2, 0.25) is 0 Å². The van der Waals surface area contributed by atoms with Gasteiger partial charge in [-0.3, -0.25) is 0 Å². The molecule has 0 bridgehead atoms. The van der Waals surface area contributed by atoms with Crippen LogP contribution in [0.3, 0.4) is 0 Å². The summed E-state index contributed by atoms with van der Waals surface area (Å²) in [5.74, 6) is 0.380. The van der Waals surface area contributed by atoms with E-state index in [4.69, 9.17) is 0 Å². The Hall–Kier alpha value is -4.40. The number of aliphatic hydroxyl groups excluding tert-OH is 1. The van der Waals surface area contributed by atoms with Crippen LogP contribution in [0.5, 0.6) is 0 Å². The van der Waals surface area contributed by atoms with E-state index in [0.717, 1.165) is 11.1 Å². The van der Waals surface area contributed by atoms with Gasteiger partial charge >= 0.3 is 0 Å². The standard InChI is InChI=1S/C30H24P2.C10H12O.C10H13.Pd/c1-5-15-25(16-6-1)31(26-17-7-2-8-18-26)29-23-13-14-24-30(29)32(27-19-9-3-10-20-27)28-21-11-4-12-22-28;1-8(2)10(11)9-6-4-3-5-7-9;1-10(2,3)9-7-5-4-6-8-9;/h1-24H;3-7,11H,1-2H3;5-8H,1-3H3;/q;;-1;. The molecule has 1 nitrogen and oxygen atoms in total. The Bertz CT molecular complexity index is 1930. The molecular formula is C50H49OP2Pd-. The molecule has 0 saturated heterocycles. The maximum atomic E-state index is 9.48. The van der Waals surface area contributed by atoms with Crippen LogP contribution in [0.25, 0.3) is 5.76 Å². The molecule has 0 aliphatic rings. The topological polar surface area (TPSA) is 20.2 Å². The summed E-state index contributed by atoms with van der Waals surface area (Å²) in [5, 5.41) is 17.9. The Morgan fingerprint density at radius 3 is 1.02 bits per heavy atom. The van der Waals surface area contributed by atoms with E-state index in [1.807, 2.05) is 56.3 Å². The molecule has 0 atom stereocenters. The first kappa shape index (κ1) is 42.3. The Kier molecular flexibility index (Phi) is 16.8. The van der Waals surface area contributed by atoms with Gasteiger partial charge in [0.15, 0.2) is 0 Å². The molecule has 0 spiro atoms. The molecule has 0 heterocycles. The number of rotatable bonds is 7. The van der Waals surface area contributed by atoms with Crippen LogP contribution in [-0.2, 0) is 25.8 Å².